The number of rotatable bonds is 4. The van der Waals surface area contributed by atoms with Crippen molar-refractivity contribution in [3.63, 3.8) is 0 Å². The van der Waals surface area contributed by atoms with Crippen molar-refractivity contribution in [2.75, 3.05) is 24.2 Å². The number of nitrogens with two attached hydrogens (primary N) is 1. The summed E-state index contributed by atoms with van der Waals surface area (Å²) in [5, 5.41) is 10.2. The topological polar surface area (TPSA) is 71.2 Å². The molecule has 4 nitrogen and oxygen atoms in total. The number of anilines is 2. The Balaban J connectivity index is 2.79. The smallest absolute Gasteiger partial charge is 0.287 e. The van der Waals surface area contributed by atoms with Crippen molar-refractivity contribution in [1.82, 2.24) is 4.98 Å². The predicted molar refractivity (Wildman–Crippen MR) is 49.1 cm³/mol. The van der Waals surface area contributed by atoms with Crippen molar-refractivity contribution in [1.29, 1.82) is 0 Å². The van der Waals surface area contributed by atoms with E-state index in [2.05, 4.69) is 4.98 Å². The average Bonchev–Trinajstić information content (AvgIpc) is 2.22. The minimum atomic E-state index is -3.42. The van der Waals surface area contributed by atoms with E-state index in [9.17, 15) is 17.6 Å². The molecule has 0 aliphatic carbocycles. The molecule has 0 bridgehead atoms. The normalized spacial score (nSPS) is 11.6. The lowest BCUT2D eigenvalue weighted by Gasteiger charge is -2.14. The van der Waals surface area contributed by atoms with Crippen LogP contribution in [-0.4, -0.2) is 29.2 Å². The van der Waals surface area contributed by atoms with Crippen LogP contribution in [0.1, 0.15) is 0 Å². The van der Waals surface area contributed by atoms with E-state index < -0.39 is 42.3 Å². The Kier molecular flexibility index (Phi) is 3.53. The summed E-state index contributed by atoms with van der Waals surface area (Å²) in [5.41, 5.74) is 5.03. The lowest BCUT2D eigenvalue weighted by atomic mass is 10.3. The van der Waals surface area contributed by atoms with Crippen molar-refractivity contribution < 1.29 is 22.7 Å². The molecular formula is C8H9F4N3O. The van der Waals surface area contributed by atoms with E-state index in [1.165, 1.54) is 0 Å². The van der Waals surface area contributed by atoms with Gasteiger partial charge in [-0.2, -0.15) is 0 Å². The van der Waals surface area contributed by atoms with Gasteiger partial charge in [0.1, 0.15) is 6.61 Å². The zero-order valence-electron chi connectivity index (χ0n) is 7.98. The van der Waals surface area contributed by atoms with Crippen LogP contribution in [0.3, 0.4) is 0 Å². The first-order valence-electron chi connectivity index (χ1n) is 4.20. The summed E-state index contributed by atoms with van der Waals surface area (Å²) in [6, 6.07) is 0.432. The molecule has 0 spiro atoms. The number of hydrogen-bond acceptors (Lipinski definition) is 4. The molecule has 0 aliphatic heterocycles. The summed E-state index contributed by atoms with van der Waals surface area (Å²) < 4.78 is 50.8. The zero-order chi connectivity index (χ0) is 12.3. The second kappa shape index (κ2) is 4.52. The number of alkyl halides is 2. The summed E-state index contributed by atoms with van der Waals surface area (Å²) in [7, 11) is 0. The SMILES string of the molecule is Nc1nc(NCC(F)(F)CO)c(F)cc1F. The van der Waals surface area contributed by atoms with Crippen LogP contribution >= 0.6 is 0 Å². The van der Waals surface area contributed by atoms with E-state index >= 15 is 0 Å². The highest BCUT2D eigenvalue weighted by atomic mass is 19.3. The third-order valence-corrected chi connectivity index (χ3v) is 1.70. The Hall–Kier alpha value is -1.57. The van der Waals surface area contributed by atoms with Gasteiger partial charge in [-0.3, -0.25) is 0 Å². The monoisotopic (exact) mass is 239 g/mol. The van der Waals surface area contributed by atoms with Gasteiger partial charge in [0.05, 0.1) is 6.54 Å². The van der Waals surface area contributed by atoms with Crippen LogP contribution < -0.4 is 11.1 Å². The Morgan fingerprint density at radius 2 is 2.00 bits per heavy atom. The molecule has 90 valence electrons. The third-order valence-electron chi connectivity index (χ3n) is 1.70. The van der Waals surface area contributed by atoms with E-state index in [0.717, 1.165) is 0 Å². The van der Waals surface area contributed by atoms with E-state index in [4.69, 9.17) is 10.8 Å². The maximum Gasteiger partial charge on any atom is 0.287 e. The minimum Gasteiger partial charge on any atom is -0.390 e. The first kappa shape index (κ1) is 12.5. The van der Waals surface area contributed by atoms with Gasteiger partial charge in [-0.05, 0) is 0 Å². The molecule has 0 fully saturated rings. The Morgan fingerprint density at radius 1 is 1.38 bits per heavy atom. The van der Waals surface area contributed by atoms with Crippen LogP contribution in [-0.2, 0) is 0 Å². The first-order chi connectivity index (χ1) is 7.35. The number of aromatic nitrogens is 1. The number of halogens is 4. The fourth-order valence-corrected chi connectivity index (χ4v) is 0.874. The molecule has 0 aliphatic rings. The summed E-state index contributed by atoms with van der Waals surface area (Å²) >= 11 is 0. The highest BCUT2D eigenvalue weighted by molar-refractivity contribution is 5.44. The second-order valence-electron chi connectivity index (χ2n) is 3.05. The number of aliphatic hydroxyl groups is 1. The molecule has 8 heteroatoms. The Labute approximate surface area is 88.1 Å². The Morgan fingerprint density at radius 3 is 2.56 bits per heavy atom. The number of nitrogen functional groups attached to an aromatic ring is 1. The fourth-order valence-electron chi connectivity index (χ4n) is 0.874. The number of hydrogen-bond donors (Lipinski definition) is 3. The van der Waals surface area contributed by atoms with Gasteiger partial charge >= 0.3 is 0 Å². The molecule has 0 saturated carbocycles. The van der Waals surface area contributed by atoms with Crippen LogP contribution in [0, 0.1) is 11.6 Å². The quantitative estimate of drug-likeness (QED) is 0.685. The second-order valence-corrected chi connectivity index (χ2v) is 3.05. The van der Waals surface area contributed by atoms with E-state index in [1.54, 1.807) is 0 Å². The molecule has 0 radical (unpaired) electrons. The molecule has 16 heavy (non-hydrogen) atoms. The van der Waals surface area contributed by atoms with E-state index in [0.29, 0.717) is 6.07 Å². The molecule has 0 aromatic carbocycles. The van der Waals surface area contributed by atoms with Crippen molar-refractivity contribution in [3.8, 4) is 0 Å². The van der Waals surface area contributed by atoms with Crippen LogP contribution in [0.2, 0.25) is 0 Å². The van der Waals surface area contributed by atoms with Crippen molar-refractivity contribution in [3.05, 3.63) is 17.7 Å². The highest BCUT2D eigenvalue weighted by Gasteiger charge is 2.28. The molecule has 0 atom stereocenters. The van der Waals surface area contributed by atoms with Gasteiger partial charge in [0.15, 0.2) is 23.3 Å². The molecule has 1 aromatic rings. The zero-order valence-corrected chi connectivity index (χ0v) is 7.98. The summed E-state index contributed by atoms with van der Waals surface area (Å²) in [5.74, 6) is -6.82. The molecule has 4 N–H and O–H groups in total. The molecule has 1 rings (SSSR count). The van der Waals surface area contributed by atoms with E-state index in [1.807, 2.05) is 5.32 Å². The molecule has 0 unspecified atom stereocenters. The lowest BCUT2D eigenvalue weighted by molar-refractivity contribution is -0.0373. The van der Waals surface area contributed by atoms with E-state index in [-0.39, 0.29) is 0 Å². The van der Waals surface area contributed by atoms with Gasteiger partial charge in [0, 0.05) is 6.07 Å². The van der Waals surface area contributed by atoms with Crippen LogP contribution in [0.5, 0.6) is 0 Å². The molecule has 0 amide bonds. The van der Waals surface area contributed by atoms with Gasteiger partial charge in [-0.1, -0.05) is 0 Å². The van der Waals surface area contributed by atoms with Gasteiger partial charge < -0.3 is 16.2 Å². The van der Waals surface area contributed by atoms with Gasteiger partial charge in [0.25, 0.3) is 5.92 Å². The van der Waals surface area contributed by atoms with Crippen LogP contribution in [0.15, 0.2) is 6.07 Å². The summed E-state index contributed by atoms with van der Waals surface area (Å²) in [6.07, 6.45) is 0. The van der Waals surface area contributed by atoms with Crippen LogP contribution in [0.4, 0.5) is 29.2 Å². The average molecular weight is 239 g/mol. The number of aliphatic hydroxyl groups excluding tert-OH is 1. The Bertz CT molecular complexity index is 386. The van der Waals surface area contributed by atoms with Crippen molar-refractivity contribution >= 4 is 11.6 Å². The maximum absolute atomic E-state index is 13.0. The van der Waals surface area contributed by atoms with Gasteiger partial charge in [-0.25, -0.2) is 22.5 Å². The summed E-state index contributed by atoms with van der Waals surface area (Å²) in [6.45, 7) is -2.42. The molecule has 1 heterocycles. The highest BCUT2D eigenvalue weighted by Crippen LogP contribution is 2.19. The predicted octanol–water partition coefficient (Wildman–Crippen LogP) is 0.982. The standard InChI is InChI=1S/C8H9F4N3O/c9-4-1-5(10)7(15-6(4)13)14-2-8(11,12)3-16/h1,16H,2-3H2,(H3,13,14,15). The molecule has 1 aromatic heterocycles. The lowest BCUT2D eigenvalue weighted by Crippen LogP contribution is -2.31. The van der Waals surface area contributed by atoms with Gasteiger partial charge in [0.2, 0.25) is 0 Å². The van der Waals surface area contributed by atoms with Crippen LogP contribution in [0.25, 0.3) is 0 Å². The fraction of sp³-hybridized carbons (Fsp3) is 0.375. The largest absolute Gasteiger partial charge is 0.390 e. The van der Waals surface area contributed by atoms with Crippen molar-refractivity contribution in [2.45, 2.75) is 5.92 Å². The first-order valence-corrected chi connectivity index (χ1v) is 4.20. The van der Waals surface area contributed by atoms with Crippen molar-refractivity contribution in [2.24, 2.45) is 0 Å². The third kappa shape index (κ3) is 2.96. The molecular weight excluding hydrogens is 230 g/mol. The van der Waals surface area contributed by atoms with Gasteiger partial charge in [-0.15, -0.1) is 0 Å². The summed E-state index contributed by atoms with van der Waals surface area (Å²) in [4.78, 5) is 3.21. The minimum absolute atomic E-state index is 0.432. The number of nitrogens with one attached hydrogen (secondary N) is 1. The number of pyridine rings is 1. The maximum atomic E-state index is 13.0. The number of nitrogens with zero attached hydrogens (tertiary/aromatic N) is 1. The molecule has 0 saturated heterocycles.